The summed E-state index contributed by atoms with van der Waals surface area (Å²) in [5.74, 6) is 1.15. The predicted octanol–water partition coefficient (Wildman–Crippen LogP) is 1.98. The molecule has 2 N–H and O–H groups in total. The summed E-state index contributed by atoms with van der Waals surface area (Å²) in [4.78, 5) is 22.9. The fraction of sp³-hybridized carbons (Fsp3) is 0.533. The molecule has 2 heterocycles. The number of aryl methyl sites for hydroxylation is 2. The average Bonchev–Trinajstić information content (AvgIpc) is 2.68. The molecule has 0 radical (unpaired) electrons. The number of nitrogen functional groups attached to an aromatic ring is 1. The summed E-state index contributed by atoms with van der Waals surface area (Å²) in [6, 6.07) is -0.320. The molecule has 0 aliphatic rings. The third-order valence-electron chi connectivity index (χ3n) is 4.13. The molecule has 6 heteroatoms. The minimum atomic E-state index is -0.320. The number of likely N-dealkylation sites (N-methyl/N-ethyl adjacent to an activating group) is 1. The van der Waals surface area contributed by atoms with Crippen LogP contribution >= 0.6 is 0 Å². The number of carbonyl (C=O) groups excluding carboxylic acids is 1. The molecule has 2 aromatic heterocycles. The maximum Gasteiger partial charge on any atom is 0.245 e. The van der Waals surface area contributed by atoms with E-state index in [1.165, 1.54) is 0 Å². The molecule has 1 unspecified atom stereocenters. The summed E-state index contributed by atoms with van der Waals surface area (Å²) in [5.41, 5.74) is 8.81. The number of fused-ring (bicyclic) bond motifs is 1. The number of amides is 1. The van der Waals surface area contributed by atoms with E-state index in [2.05, 4.69) is 9.97 Å². The summed E-state index contributed by atoms with van der Waals surface area (Å²) < 4.78 is 1.96. The van der Waals surface area contributed by atoms with Crippen LogP contribution in [0.1, 0.15) is 37.0 Å². The number of aromatic nitrogens is 3. The van der Waals surface area contributed by atoms with Crippen molar-refractivity contribution in [1.82, 2.24) is 19.4 Å². The molecule has 0 saturated heterocycles. The Hall–Kier alpha value is -2.11. The molecule has 0 fully saturated rings. The van der Waals surface area contributed by atoms with Gasteiger partial charge in [0.05, 0.1) is 5.39 Å². The van der Waals surface area contributed by atoms with Crippen molar-refractivity contribution in [3.8, 4) is 0 Å². The number of nitrogens with zero attached hydrogens (tertiary/aromatic N) is 4. The lowest BCUT2D eigenvalue weighted by molar-refractivity contribution is -0.132. The molecule has 114 valence electrons. The first kappa shape index (κ1) is 15.3. The molecule has 6 nitrogen and oxygen atoms in total. The van der Waals surface area contributed by atoms with Crippen LogP contribution < -0.4 is 5.73 Å². The lowest BCUT2D eigenvalue weighted by Crippen LogP contribution is -2.33. The Labute approximate surface area is 125 Å². The van der Waals surface area contributed by atoms with E-state index in [-0.39, 0.29) is 11.9 Å². The Morgan fingerprint density at radius 3 is 2.52 bits per heavy atom. The van der Waals surface area contributed by atoms with Crippen molar-refractivity contribution in [3.63, 3.8) is 0 Å². The Kier molecular flexibility index (Phi) is 3.89. The van der Waals surface area contributed by atoms with Gasteiger partial charge >= 0.3 is 0 Å². The van der Waals surface area contributed by atoms with E-state index in [1.807, 2.05) is 39.2 Å². The van der Waals surface area contributed by atoms with Gasteiger partial charge in [-0.05, 0) is 40.2 Å². The van der Waals surface area contributed by atoms with E-state index in [1.54, 1.807) is 11.9 Å². The quantitative estimate of drug-likeness (QED) is 0.937. The fourth-order valence-corrected chi connectivity index (χ4v) is 2.69. The Bertz CT molecular complexity index is 704. The highest BCUT2D eigenvalue weighted by atomic mass is 16.2. The van der Waals surface area contributed by atoms with Crippen LogP contribution in [-0.4, -0.2) is 38.9 Å². The molecule has 1 amide bonds. The number of rotatable bonds is 3. The predicted molar refractivity (Wildman–Crippen MR) is 84.2 cm³/mol. The van der Waals surface area contributed by atoms with E-state index in [4.69, 9.17) is 5.73 Å². The molecule has 0 aromatic carbocycles. The van der Waals surface area contributed by atoms with Gasteiger partial charge in [0.25, 0.3) is 0 Å². The van der Waals surface area contributed by atoms with Gasteiger partial charge in [-0.1, -0.05) is 0 Å². The maximum atomic E-state index is 12.5. The zero-order valence-electron chi connectivity index (χ0n) is 13.6. The lowest BCUT2D eigenvalue weighted by Gasteiger charge is -2.22. The fourth-order valence-electron chi connectivity index (χ4n) is 2.69. The van der Waals surface area contributed by atoms with Gasteiger partial charge in [0.15, 0.2) is 0 Å². The van der Waals surface area contributed by atoms with Crippen LogP contribution in [0, 0.1) is 20.8 Å². The Balaban J connectivity index is 2.69. The number of nitrogens with two attached hydrogens (primary N) is 1. The average molecular weight is 289 g/mol. The summed E-state index contributed by atoms with van der Waals surface area (Å²) in [5, 5.41) is 0.844. The van der Waals surface area contributed by atoms with E-state index in [0.717, 1.165) is 22.3 Å². The molecular formula is C15H23N5O. The lowest BCUT2D eigenvalue weighted by atomic mass is 10.2. The molecule has 0 saturated carbocycles. The zero-order chi connectivity index (χ0) is 15.9. The third-order valence-corrected chi connectivity index (χ3v) is 4.13. The molecule has 0 bridgehead atoms. The smallest absolute Gasteiger partial charge is 0.245 e. The summed E-state index contributed by atoms with van der Waals surface area (Å²) in [7, 11) is 1.81. The van der Waals surface area contributed by atoms with Crippen LogP contribution in [0.2, 0.25) is 0 Å². The summed E-state index contributed by atoms with van der Waals surface area (Å²) >= 11 is 0. The largest absolute Gasteiger partial charge is 0.383 e. The van der Waals surface area contributed by atoms with Crippen molar-refractivity contribution in [2.75, 3.05) is 19.3 Å². The van der Waals surface area contributed by atoms with E-state index < -0.39 is 0 Å². The highest BCUT2D eigenvalue weighted by molar-refractivity contribution is 5.93. The molecular weight excluding hydrogens is 266 g/mol. The minimum absolute atomic E-state index is 0.0623. The van der Waals surface area contributed by atoms with Crippen LogP contribution in [0.4, 0.5) is 5.82 Å². The zero-order valence-corrected chi connectivity index (χ0v) is 13.6. The summed E-state index contributed by atoms with van der Waals surface area (Å²) in [6.45, 7) is 10.3. The first-order chi connectivity index (χ1) is 9.79. The maximum absolute atomic E-state index is 12.5. The van der Waals surface area contributed by atoms with Gasteiger partial charge in [0.2, 0.25) is 5.91 Å². The molecule has 0 aliphatic carbocycles. The normalized spacial score (nSPS) is 12.7. The monoisotopic (exact) mass is 289 g/mol. The van der Waals surface area contributed by atoms with Crippen molar-refractivity contribution in [1.29, 1.82) is 0 Å². The molecule has 2 rings (SSSR count). The van der Waals surface area contributed by atoms with E-state index in [9.17, 15) is 4.79 Å². The van der Waals surface area contributed by atoms with Gasteiger partial charge in [-0.3, -0.25) is 4.79 Å². The van der Waals surface area contributed by atoms with Gasteiger partial charge in [-0.15, -0.1) is 0 Å². The number of hydrogen-bond acceptors (Lipinski definition) is 4. The van der Waals surface area contributed by atoms with Gasteiger partial charge in [0, 0.05) is 19.3 Å². The molecule has 2 aromatic rings. The Morgan fingerprint density at radius 1 is 1.33 bits per heavy atom. The first-order valence-corrected chi connectivity index (χ1v) is 7.15. The van der Waals surface area contributed by atoms with Crippen molar-refractivity contribution in [2.45, 2.75) is 40.7 Å². The summed E-state index contributed by atoms with van der Waals surface area (Å²) in [6.07, 6.45) is 0. The second-order valence-electron chi connectivity index (χ2n) is 5.46. The topological polar surface area (TPSA) is 77.0 Å². The van der Waals surface area contributed by atoms with Crippen LogP contribution in [-0.2, 0) is 4.79 Å². The van der Waals surface area contributed by atoms with Gasteiger partial charge in [-0.2, -0.15) is 0 Å². The van der Waals surface area contributed by atoms with E-state index >= 15 is 0 Å². The molecule has 0 aliphatic heterocycles. The van der Waals surface area contributed by atoms with Crippen molar-refractivity contribution in [2.24, 2.45) is 0 Å². The first-order valence-electron chi connectivity index (χ1n) is 7.15. The Morgan fingerprint density at radius 2 is 1.95 bits per heavy atom. The minimum Gasteiger partial charge on any atom is -0.383 e. The molecule has 21 heavy (non-hydrogen) atoms. The SMILES string of the molecule is CCN(C)C(=O)C(C)n1c(C)c(C)c2c(N)nc(C)nc21. The number of carbonyl (C=O) groups is 1. The van der Waals surface area contributed by atoms with E-state index in [0.29, 0.717) is 18.2 Å². The van der Waals surface area contributed by atoms with Gasteiger partial charge < -0.3 is 15.2 Å². The highest BCUT2D eigenvalue weighted by Crippen LogP contribution is 2.30. The van der Waals surface area contributed by atoms with Crippen LogP contribution in [0.5, 0.6) is 0 Å². The van der Waals surface area contributed by atoms with Crippen molar-refractivity contribution >= 4 is 22.8 Å². The highest BCUT2D eigenvalue weighted by Gasteiger charge is 2.25. The number of hydrogen-bond donors (Lipinski definition) is 1. The van der Waals surface area contributed by atoms with Crippen LogP contribution in [0.3, 0.4) is 0 Å². The second kappa shape index (κ2) is 5.35. The third kappa shape index (κ3) is 2.34. The van der Waals surface area contributed by atoms with Crippen LogP contribution in [0.15, 0.2) is 0 Å². The number of anilines is 1. The molecule has 0 spiro atoms. The van der Waals surface area contributed by atoms with Crippen molar-refractivity contribution in [3.05, 3.63) is 17.1 Å². The van der Waals surface area contributed by atoms with Gasteiger partial charge in [0.1, 0.15) is 23.3 Å². The molecule has 1 atom stereocenters. The second-order valence-corrected chi connectivity index (χ2v) is 5.46. The van der Waals surface area contributed by atoms with Gasteiger partial charge in [-0.25, -0.2) is 9.97 Å². The standard InChI is InChI=1S/C15H23N5O/c1-7-19(6)15(21)10(4)20-9(3)8(2)12-13(16)17-11(5)18-14(12)20/h10H,7H2,1-6H3,(H2,16,17,18). The van der Waals surface area contributed by atoms with Crippen LogP contribution in [0.25, 0.3) is 11.0 Å². The van der Waals surface area contributed by atoms with Crippen molar-refractivity contribution < 1.29 is 4.79 Å².